The van der Waals surface area contributed by atoms with Gasteiger partial charge in [-0.25, -0.2) is 0 Å². The standard InChI is InChI=1S/C15H32S9/c16-1-4-19-7-9-22-13-15(24-12-11-21-6-3-18)14-23-10-8-20-5-2-17/h15-18H,1-14H2. The molecule has 0 aromatic carbocycles. The van der Waals surface area contributed by atoms with Gasteiger partial charge in [-0.15, -0.1) is 0 Å². The van der Waals surface area contributed by atoms with E-state index < -0.39 is 0 Å². The molecule has 0 nitrogen and oxygen atoms in total. The van der Waals surface area contributed by atoms with E-state index in [2.05, 4.69) is 73.2 Å². The molecule has 24 heavy (non-hydrogen) atoms. The Hall–Kier alpha value is 3.15. The number of thiol groups is 3. The summed E-state index contributed by atoms with van der Waals surface area (Å²) in [5.41, 5.74) is 0. The van der Waals surface area contributed by atoms with Crippen LogP contribution in [-0.4, -0.2) is 85.8 Å². The van der Waals surface area contributed by atoms with Gasteiger partial charge in [0.05, 0.1) is 0 Å². The van der Waals surface area contributed by atoms with Gasteiger partial charge in [0.15, 0.2) is 0 Å². The predicted molar refractivity (Wildman–Crippen MR) is 144 cm³/mol. The van der Waals surface area contributed by atoms with E-state index in [-0.39, 0.29) is 0 Å². The zero-order valence-corrected chi connectivity index (χ0v) is 21.9. The molecule has 0 rings (SSSR count). The quantitative estimate of drug-likeness (QED) is 0.147. The molecular weight excluding hydrogens is 469 g/mol. The zero-order valence-electron chi connectivity index (χ0n) is 14.3. The highest BCUT2D eigenvalue weighted by atomic mass is 32.2. The molecule has 0 aliphatic carbocycles. The molecule has 0 aliphatic heterocycles. The van der Waals surface area contributed by atoms with Crippen LogP contribution in [0.4, 0.5) is 0 Å². The Labute approximate surface area is 192 Å². The van der Waals surface area contributed by atoms with Crippen molar-refractivity contribution in [1.82, 2.24) is 0 Å². The normalized spacial score (nSPS) is 11.5. The highest BCUT2D eigenvalue weighted by Gasteiger charge is 2.10. The van der Waals surface area contributed by atoms with Crippen molar-refractivity contribution in [1.29, 1.82) is 0 Å². The van der Waals surface area contributed by atoms with Gasteiger partial charge >= 0.3 is 0 Å². The van der Waals surface area contributed by atoms with Gasteiger partial charge in [0.25, 0.3) is 0 Å². The van der Waals surface area contributed by atoms with Crippen LogP contribution < -0.4 is 0 Å². The van der Waals surface area contributed by atoms with E-state index in [0.29, 0.717) is 0 Å². The lowest BCUT2D eigenvalue weighted by molar-refractivity contribution is 1.14. The fourth-order valence-corrected chi connectivity index (χ4v) is 9.41. The molecule has 0 fully saturated rings. The van der Waals surface area contributed by atoms with E-state index in [4.69, 9.17) is 0 Å². The van der Waals surface area contributed by atoms with Gasteiger partial charge in [-0.3, -0.25) is 0 Å². The van der Waals surface area contributed by atoms with Gasteiger partial charge in [-0.2, -0.15) is 108 Å². The Balaban J connectivity index is 3.74. The summed E-state index contributed by atoms with van der Waals surface area (Å²) in [6, 6.07) is 0. The summed E-state index contributed by atoms with van der Waals surface area (Å²) in [5, 5.41) is 0.807. The van der Waals surface area contributed by atoms with Crippen molar-refractivity contribution in [2.24, 2.45) is 0 Å². The lowest BCUT2D eigenvalue weighted by atomic mass is 10.5. The molecule has 0 aliphatic rings. The van der Waals surface area contributed by atoms with Crippen molar-refractivity contribution >= 4 is 108 Å². The second-order valence-corrected chi connectivity index (χ2v) is 13.4. The van der Waals surface area contributed by atoms with Crippen molar-refractivity contribution in [2.45, 2.75) is 5.25 Å². The number of thioether (sulfide) groups is 6. The number of hydrogen-bond acceptors (Lipinski definition) is 9. The summed E-state index contributed by atoms with van der Waals surface area (Å²) in [7, 11) is 0. The second kappa shape index (κ2) is 24.2. The Morgan fingerprint density at radius 3 is 1.25 bits per heavy atom. The maximum atomic E-state index is 4.28. The van der Waals surface area contributed by atoms with E-state index >= 15 is 0 Å². The first-order chi connectivity index (χ1) is 11.8. The van der Waals surface area contributed by atoms with Gasteiger partial charge in [0.1, 0.15) is 0 Å². The monoisotopic (exact) mass is 500 g/mol. The molecule has 0 aromatic rings. The number of hydrogen-bond donors (Lipinski definition) is 3. The fraction of sp³-hybridized carbons (Fsp3) is 1.00. The Morgan fingerprint density at radius 1 is 0.458 bits per heavy atom. The number of rotatable bonds is 20. The van der Waals surface area contributed by atoms with Crippen molar-refractivity contribution in [2.75, 3.05) is 80.5 Å². The molecule has 0 aromatic heterocycles. The first-order valence-electron chi connectivity index (χ1n) is 8.18. The molecule has 9 heteroatoms. The predicted octanol–water partition coefficient (Wildman–Crippen LogP) is 5.54. The van der Waals surface area contributed by atoms with E-state index in [0.717, 1.165) is 22.5 Å². The summed E-state index contributed by atoms with van der Waals surface area (Å²) in [6.07, 6.45) is 0. The molecule has 0 spiro atoms. The van der Waals surface area contributed by atoms with Crippen LogP contribution in [0.3, 0.4) is 0 Å². The smallest absolute Gasteiger partial charge is 0.0229 e. The maximum Gasteiger partial charge on any atom is 0.0229 e. The fourth-order valence-electron chi connectivity index (χ4n) is 1.58. The molecule has 146 valence electrons. The molecule has 0 amide bonds. The lowest BCUT2D eigenvalue weighted by Gasteiger charge is -2.16. The van der Waals surface area contributed by atoms with Crippen molar-refractivity contribution in [3.63, 3.8) is 0 Å². The van der Waals surface area contributed by atoms with Crippen LogP contribution in [0.5, 0.6) is 0 Å². The summed E-state index contributed by atoms with van der Waals surface area (Å²) >= 11 is 25.4. The molecule has 0 bridgehead atoms. The highest BCUT2D eigenvalue weighted by Crippen LogP contribution is 2.23. The SMILES string of the molecule is SCCSCCSCC(CSCCSCCS)SCCSCCS. The van der Waals surface area contributed by atoms with E-state index in [1.165, 1.54) is 63.3 Å². The molecule has 0 heterocycles. The highest BCUT2D eigenvalue weighted by molar-refractivity contribution is 8.07. The van der Waals surface area contributed by atoms with Crippen molar-refractivity contribution in [3.8, 4) is 0 Å². The molecule has 0 radical (unpaired) electrons. The van der Waals surface area contributed by atoms with Gasteiger partial charge in [0.2, 0.25) is 0 Å². The van der Waals surface area contributed by atoms with Crippen LogP contribution >= 0.6 is 108 Å². The Bertz CT molecular complexity index is 215. The van der Waals surface area contributed by atoms with Gasteiger partial charge < -0.3 is 0 Å². The first kappa shape index (κ1) is 27.1. The Morgan fingerprint density at radius 2 is 0.833 bits per heavy atom. The third-order valence-electron chi connectivity index (χ3n) is 2.64. The zero-order chi connectivity index (χ0) is 17.7. The van der Waals surface area contributed by atoms with E-state index in [1.54, 1.807) is 0 Å². The average molecular weight is 501 g/mol. The first-order valence-corrected chi connectivity index (χ1v) is 16.9. The van der Waals surface area contributed by atoms with Crippen LogP contribution in [0.15, 0.2) is 0 Å². The second-order valence-electron chi connectivity index (χ2n) is 4.65. The van der Waals surface area contributed by atoms with Crippen molar-refractivity contribution < 1.29 is 0 Å². The summed E-state index contributed by atoms with van der Waals surface area (Å²) < 4.78 is 0. The Kier molecular flexibility index (Phi) is 27.4. The van der Waals surface area contributed by atoms with Gasteiger partial charge in [-0.1, -0.05) is 0 Å². The van der Waals surface area contributed by atoms with Crippen LogP contribution in [0.1, 0.15) is 0 Å². The molecule has 0 N–H and O–H groups in total. The third kappa shape index (κ3) is 21.5. The minimum atomic E-state index is 0.807. The van der Waals surface area contributed by atoms with Crippen LogP contribution in [0, 0.1) is 0 Å². The van der Waals surface area contributed by atoms with Gasteiger partial charge in [0, 0.05) is 68.5 Å². The molecule has 0 saturated heterocycles. The van der Waals surface area contributed by atoms with Crippen molar-refractivity contribution in [3.05, 3.63) is 0 Å². The van der Waals surface area contributed by atoms with E-state index in [9.17, 15) is 0 Å². The van der Waals surface area contributed by atoms with Crippen LogP contribution in [0.25, 0.3) is 0 Å². The third-order valence-corrected chi connectivity index (χ3v) is 11.9. The molecule has 0 saturated carbocycles. The molecule has 0 atom stereocenters. The topological polar surface area (TPSA) is 0 Å². The average Bonchev–Trinajstić information content (AvgIpc) is 2.60. The van der Waals surface area contributed by atoms with Crippen LogP contribution in [0.2, 0.25) is 0 Å². The minimum Gasteiger partial charge on any atom is -0.179 e. The van der Waals surface area contributed by atoms with E-state index in [1.807, 2.05) is 35.3 Å². The maximum absolute atomic E-state index is 4.28. The summed E-state index contributed by atoms with van der Waals surface area (Å²) in [4.78, 5) is 0. The molecule has 0 unspecified atom stereocenters. The summed E-state index contributed by atoms with van der Waals surface area (Å²) in [6.45, 7) is 0. The van der Waals surface area contributed by atoms with Gasteiger partial charge in [-0.05, 0) is 17.3 Å². The largest absolute Gasteiger partial charge is 0.179 e. The minimum absolute atomic E-state index is 0.807. The lowest BCUT2D eigenvalue weighted by Crippen LogP contribution is -2.13. The van der Waals surface area contributed by atoms with Crippen LogP contribution in [-0.2, 0) is 0 Å². The summed E-state index contributed by atoms with van der Waals surface area (Å²) in [5.74, 6) is 16.8. The molecular formula is C15H32S9.